The van der Waals surface area contributed by atoms with E-state index >= 15 is 0 Å². The van der Waals surface area contributed by atoms with Gasteiger partial charge in [-0.1, -0.05) is 17.7 Å². The van der Waals surface area contributed by atoms with E-state index < -0.39 is 0 Å². The van der Waals surface area contributed by atoms with Crippen molar-refractivity contribution in [2.45, 2.75) is 26.2 Å². The number of hydrogen-bond acceptors (Lipinski definition) is 4. The molecule has 148 valence electrons. The zero-order valence-corrected chi connectivity index (χ0v) is 17.6. The molecule has 0 radical (unpaired) electrons. The molecular formula is C21H25BrN4O2. The van der Waals surface area contributed by atoms with Crippen molar-refractivity contribution in [1.29, 1.82) is 0 Å². The van der Waals surface area contributed by atoms with Crippen LogP contribution in [0.4, 0.5) is 11.5 Å². The summed E-state index contributed by atoms with van der Waals surface area (Å²) in [6, 6.07) is 11.4. The number of aryl methyl sites for hydroxylation is 1. The molecule has 1 N–H and O–H groups in total. The summed E-state index contributed by atoms with van der Waals surface area (Å²) in [4.78, 5) is 33.2. The number of benzene rings is 1. The van der Waals surface area contributed by atoms with Crippen LogP contribution in [-0.4, -0.2) is 47.9 Å². The van der Waals surface area contributed by atoms with Crippen LogP contribution in [0.5, 0.6) is 0 Å². The van der Waals surface area contributed by atoms with E-state index in [9.17, 15) is 9.59 Å². The number of nitrogens with zero attached hydrogens (tertiary/aromatic N) is 3. The highest BCUT2D eigenvalue weighted by molar-refractivity contribution is 9.10. The molecule has 6 nitrogen and oxygen atoms in total. The molecule has 0 aliphatic carbocycles. The van der Waals surface area contributed by atoms with Crippen molar-refractivity contribution in [3.63, 3.8) is 0 Å². The average Bonchev–Trinajstić information content (AvgIpc) is 2.70. The summed E-state index contributed by atoms with van der Waals surface area (Å²) in [7, 11) is 0. The average molecular weight is 445 g/mol. The molecule has 1 aliphatic rings. The standard InChI is InChI=1S/C21H25BrN4O2/c1-16-5-8-18(9-6-16)26(15-21(28)25-11-3-2-4-12-25)14-20(27)24-19-10-7-17(22)13-23-19/h5-10,13H,2-4,11-12,14-15H2,1H3,(H,23,24,27). The third kappa shape index (κ3) is 5.79. The van der Waals surface area contributed by atoms with Gasteiger partial charge in [0.05, 0.1) is 13.1 Å². The van der Waals surface area contributed by atoms with Crippen LogP contribution in [-0.2, 0) is 9.59 Å². The molecule has 2 aromatic rings. The van der Waals surface area contributed by atoms with Gasteiger partial charge in [0.15, 0.2) is 0 Å². The van der Waals surface area contributed by atoms with Crippen molar-refractivity contribution in [2.75, 3.05) is 36.4 Å². The van der Waals surface area contributed by atoms with Crippen molar-refractivity contribution >= 4 is 39.2 Å². The van der Waals surface area contributed by atoms with Crippen LogP contribution in [0.25, 0.3) is 0 Å². The highest BCUT2D eigenvalue weighted by atomic mass is 79.9. The lowest BCUT2D eigenvalue weighted by Gasteiger charge is -2.30. The molecule has 2 heterocycles. The number of halogens is 1. The van der Waals surface area contributed by atoms with Gasteiger partial charge in [-0.05, 0) is 66.4 Å². The molecule has 1 aromatic carbocycles. The molecule has 1 fully saturated rings. The Morgan fingerprint density at radius 1 is 1.07 bits per heavy atom. The molecule has 1 aliphatic heterocycles. The lowest BCUT2D eigenvalue weighted by molar-refractivity contribution is -0.130. The number of piperidine rings is 1. The van der Waals surface area contributed by atoms with Crippen LogP contribution in [0.2, 0.25) is 0 Å². The maximum Gasteiger partial charge on any atom is 0.245 e. The number of carbonyl (C=O) groups excluding carboxylic acids is 2. The Balaban J connectivity index is 1.69. The maximum absolute atomic E-state index is 12.8. The number of hydrogen-bond donors (Lipinski definition) is 1. The molecule has 0 atom stereocenters. The fourth-order valence-corrected chi connectivity index (χ4v) is 3.44. The Hall–Kier alpha value is -2.41. The number of likely N-dealkylation sites (tertiary alicyclic amines) is 1. The van der Waals surface area contributed by atoms with E-state index in [1.165, 1.54) is 6.42 Å². The predicted molar refractivity (Wildman–Crippen MR) is 114 cm³/mol. The summed E-state index contributed by atoms with van der Waals surface area (Å²) in [5, 5.41) is 2.80. The van der Waals surface area contributed by atoms with Crippen molar-refractivity contribution < 1.29 is 9.59 Å². The predicted octanol–water partition coefficient (Wildman–Crippen LogP) is 3.61. The molecule has 7 heteroatoms. The molecule has 0 spiro atoms. The highest BCUT2D eigenvalue weighted by Crippen LogP contribution is 2.17. The Morgan fingerprint density at radius 2 is 1.79 bits per heavy atom. The second-order valence-corrected chi connectivity index (χ2v) is 7.96. The van der Waals surface area contributed by atoms with Crippen molar-refractivity contribution in [2.24, 2.45) is 0 Å². The van der Waals surface area contributed by atoms with Crippen LogP contribution in [0, 0.1) is 6.92 Å². The Kier molecular flexibility index (Phi) is 7.03. The van der Waals surface area contributed by atoms with Gasteiger partial charge < -0.3 is 15.1 Å². The first-order valence-electron chi connectivity index (χ1n) is 9.52. The first kappa shape index (κ1) is 20.3. The van der Waals surface area contributed by atoms with Gasteiger partial charge in [0.25, 0.3) is 0 Å². The SMILES string of the molecule is Cc1ccc(N(CC(=O)Nc2ccc(Br)cn2)CC(=O)N2CCCCC2)cc1. The summed E-state index contributed by atoms with van der Waals surface area (Å²) in [5.74, 6) is 0.344. The Labute approximate surface area is 174 Å². The summed E-state index contributed by atoms with van der Waals surface area (Å²) in [6.07, 6.45) is 4.90. The minimum absolute atomic E-state index is 0.0647. The highest BCUT2D eigenvalue weighted by Gasteiger charge is 2.21. The van der Waals surface area contributed by atoms with Gasteiger partial charge in [-0.25, -0.2) is 4.98 Å². The van der Waals surface area contributed by atoms with E-state index in [0.717, 1.165) is 41.7 Å². The van der Waals surface area contributed by atoms with Gasteiger partial charge in [0, 0.05) is 29.4 Å². The molecular weight excluding hydrogens is 420 g/mol. The van der Waals surface area contributed by atoms with Gasteiger partial charge in [0.1, 0.15) is 5.82 Å². The third-order valence-electron chi connectivity index (χ3n) is 4.76. The Bertz CT molecular complexity index is 802. The molecule has 0 unspecified atom stereocenters. The first-order valence-corrected chi connectivity index (χ1v) is 10.3. The van der Waals surface area contributed by atoms with Crippen LogP contribution < -0.4 is 10.2 Å². The molecule has 28 heavy (non-hydrogen) atoms. The summed E-state index contributed by atoms with van der Waals surface area (Å²) >= 11 is 3.33. The van der Waals surface area contributed by atoms with Crippen molar-refractivity contribution in [1.82, 2.24) is 9.88 Å². The molecule has 1 saturated heterocycles. The maximum atomic E-state index is 12.8. The van der Waals surface area contributed by atoms with E-state index in [0.29, 0.717) is 5.82 Å². The topological polar surface area (TPSA) is 65.5 Å². The van der Waals surface area contributed by atoms with E-state index in [2.05, 4.69) is 26.2 Å². The number of carbonyl (C=O) groups is 2. The second kappa shape index (κ2) is 9.68. The summed E-state index contributed by atoms with van der Waals surface area (Å²) in [5.41, 5.74) is 1.99. The zero-order valence-electron chi connectivity index (χ0n) is 16.0. The first-order chi connectivity index (χ1) is 13.5. The van der Waals surface area contributed by atoms with E-state index in [1.807, 2.05) is 47.1 Å². The van der Waals surface area contributed by atoms with Crippen molar-refractivity contribution in [3.8, 4) is 0 Å². The van der Waals surface area contributed by atoms with E-state index in [4.69, 9.17) is 0 Å². The largest absolute Gasteiger partial charge is 0.353 e. The van der Waals surface area contributed by atoms with Gasteiger partial charge in [-0.2, -0.15) is 0 Å². The van der Waals surface area contributed by atoms with Gasteiger partial charge in [0.2, 0.25) is 11.8 Å². The summed E-state index contributed by atoms with van der Waals surface area (Å²) < 4.78 is 0.846. The quantitative estimate of drug-likeness (QED) is 0.738. The number of rotatable bonds is 6. The zero-order chi connectivity index (χ0) is 19.9. The van der Waals surface area contributed by atoms with Crippen LogP contribution in [0.3, 0.4) is 0 Å². The minimum Gasteiger partial charge on any atom is -0.353 e. The lowest BCUT2D eigenvalue weighted by atomic mass is 10.1. The van der Waals surface area contributed by atoms with Crippen LogP contribution >= 0.6 is 15.9 Å². The fraction of sp³-hybridized carbons (Fsp3) is 0.381. The number of pyridine rings is 1. The molecule has 2 amide bonds. The number of aromatic nitrogens is 1. The van der Waals surface area contributed by atoms with Gasteiger partial charge >= 0.3 is 0 Å². The minimum atomic E-state index is -0.207. The van der Waals surface area contributed by atoms with Crippen molar-refractivity contribution in [3.05, 3.63) is 52.6 Å². The normalized spacial score (nSPS) is 13.9. The molecule has 3 rings (SSSR count). The lowest BCUT2D eigenvalue weighted by Crippen LogP contribution is -2.45. The Morgan fingerprint density at radius 3 is 2.43 bits per heavy atom. The van der Waals surface area contributed by atoms with Gasteiger partial charge in [-0.3, -0.25) is 9.59 Å². The number of nitrogens with one attached hydrogen (secondary N) is 1. The fourth-order valence-electron chi connectivity index (χ4n) is 3.21. The number of anilines is 2. The molecule has 0 bridgehead atoms. The van der Waals surface area contributed by atoms with E-state index in [1.54, 1.807) is 12.3 Å². The summed E-state index contributed by atoms with van der Waals surface area (Å²) in [6.45, 7) is 3.88. The van der Waals surface area contributed by atoms with Crippen LogP contribution in [0.15, 0.2) is 47.1 Å². The number of amides is 2. The molecule has 1 aromatic heterocycles. The monoisotopic (exact) mass is 444 g/mol. The van der Waals surface area contributed by atoms with E-state index in [-0.39, 0.29) is 24.9 Å². The smallest absolute Gasteiger partial charge is 0.245 e. The third-order valence-corrected chi connectivity index (χ3v) is 5.23. The second-order valence-electron chi connectivity index (χ2n) is 7.04. The van der Waals surface area contributed by atoms with Gasteiger partial charge in [-0.15, -0.1) is 0 Å². The molecule has 0 saturated carbocycles. The van der Waals surface area contributed by atoms with Crippen LogP contribution in [0.1, 0.15) is 24.8 Å².